The smallest absolute Gasteiger partial charge is 0.301 e. The van der Waals surface area contributed by atoms with Crippen molar-refractivity contribution in [2.75, 3.05) is 7.11 Å². The van der Waals surface area contributed by atoms with Crippen molar-refractivity contribution in [3.63, 3.8) is 0 Å². The molecule has 0 atom stereocenters. The summed E-state index contributed by atoms with van der Waals surface area (Å²) in [7, 11) is 1.51. The Labute approximate surface area is 216 Å². The molecular weight excluding hydrogens is 448 g/mol. The van der Waals surface area contributed by atoms with Crippen LogP contribution < -0.4 is 4.57 Å². The van der Waals surface area contributed by atoms with E-state index >= 15 is 0 Å². The van der Waals surface area contributed by atoms with Gasteiger partial charge in [0.1, 0.15) is 0 Å². The van der Waals surface area contributed by atoms with Gasteiger partial charge in [-0.25, -0.2) is 4.57 Å². The number of rotatable bonds is 15. The average molecular weight is 491 g/mol. The molecule has 2 aromatic heterocycles. The lowest BCUT2D eigenvalue weighted by Gasteiger charge is -2.11. The van der Waals surface area contributed by atoms with E-state index in [4.69, 9.17) is 10.1 Å². The first-order chi connectivity index (χ1) is 17.3. The van der Waals surface area contributed by atoms with Crippen molar-refractivity contribution in [1.82, 2.24) is 14.5 Å². The molecule has 0 aliphatic rings. The van der Waals surface area contributed by atoms with E-state index in [1.807, 2.05) is 10.9 Å². The van der Waals surface area contributed by atoms with Crippen molar-refractivity contribution in [2.45, 2.75) is 92.7 Å². The number of hydrogen-bond acceptors (Lipinski definition) is 4. The van der Waals surface area contributed by atoms with Crippen LogP contribution >= 0.6 is 0 Å². The van der Waals surface area contributed by atoms with Crippen LogP contribution in [-0.4, -0.2) is 21.6 Å². The topological polar surface area (TPSA) is 81.7 Å². The second-order valence-corrected chi connectivity index (χ2v) is 9.56. The molecule has 0 bridgehead atoms. The number of nitrogens with zero attached hydrogens (tertiary/aromatic N) is 6. The summed E-state index contributed by atoms with van der Waals surface area (Å²) in [5.74, 6) is 0.490. The van der Waals surface area contributed by atoms with Gasteiger partial charge in [0.05, 0.1) is 31.9 Å². The Morgan fingerprint density at radius 3 is 2.17 bits per heavy atom. The molecule has 2 heterocycles. The van der Waals surface area contributed by atoms with Crippen LogP contribution in [0, 0.1) is 11.3 Å². The highest BCUT2D eigenvalue weighted by atomic mass is 16.6. The van der Waals surface area contributed by atoms with Crippen molar-refractivity contribution >= 4 is 17.0 Å². The van der Waals surface area contributed by atoms with E-state index in [-0.39, 0.29) is 0 Å². The molecule has 0 saturated carbocycles. The number of allylic oxidation sites excluding steroid dienone is 8. The lowest BCUT2D eigenvalue weighted by Crippen LogP contribution is -2.32. The first-order valence-corrected chi connectivity index (χ1v) is 12.8. The number of aromatic nitrogens is 4. The van der Waals surface area contributed by atoms with E-state index in [1.165, 1.54) is 35.7 Å². The molecule has 36 heavy (non-hydrogen) atoms. The lowest BCUT2D eigenvalue weighted by atomic mass is 10.0. The molecule has 0 fully saturated rings. The van der Waals surface area contributed by atoms with Crippen LogP contribution in [0.15, 0.2) is 59.3 Å². The van der Waals surface area contributed by atoms with Gasteiger partial charge in [0, 0.05) is 12.9 Å². The number of hydrogen-bond donors (Lipinski definition) is 0. The molecule has 0 radical (unpaired) electrons. The van der Waals surface area contributed by atoms with Gasteiger partial charge in [0.2, 0.25) is 0 Å². The van der Waals surface area contributed by atoms with Crippen molar-refractivity contribution in [3.8, 4) is 6.07 Å². The summed E-state index contributed by atoms with van der Waals surface area (Å²) in [6, 6.07) is 2.20. The van der Waals surface area contributed by atoms with Crippen LogP contribution in [0.25, 0.3) is 16.6 Å². The quantitative estimate of drug-likeness (QED) is 0.148. The summed E-state index contributed by atoms with van der Waals surface area (Å²) in [5, 5.41) is 9.00. The molecule has 0 aromatic carbocycles. The average Bonchev–Trinajstić information content (AvgIpc) is 3.20. The van der Waals surface area contributed by atoms with Crippen LogP contribution in [0.1, 0.15) is 79.6 Å². The van der Waals surface area contributed by atoms with Crippen LogP contribution in [-0.2, 0) is 17.9 Å². The lowest BCUT2D eigenvalue weighted by molar-refractivity contribution is -0.672. The SMILES string of the molecule is CO[N-]c1ncnc2c1n(C/C=C(\C)CC/C=C(\C)CC/C=C(\C)CCC=C(C)C)c[n+]2CCC#N. The summed E-state index contributed by atoms with van der Waals surface area (Å²) >= 11 is 0. The third kappa shape index (κ3) is 9.79. The zero-order valence-corrected chi connectivity index (χ0v) is 22.9. The van der Waals surface area contributed by atoms with Gasteiger partial charge in [-0.1, -0.05) is 46.6 Å². The second kappa shape index (κ2) is 15.7. The molecule has 2 aromatic rings. The van der Waals surface area contributed by atoms with E-state index in [0.29, 0.717) is 25.3 Å². The molecule has 0 unspecified atom stereocenters. The molecule has 0 N–H and O–H groups in total. The van der Waals surface area contributed by atoms with Crippen molar-refractivity contribution in [1.29, 1.82) is 5.26 Å². The van der Waals surface area contributed by atoms with E-state index in [0.717, 1.165) is 49.7 Å². The third-order valence-electron chi connectivity index (χ3n) is 6.05. The Morgan fingerprint density at radius 2 is 1.58 bits per heavy atom. The summed E-state index contributed by atoms with van der Waals surface area (Å²) < 4.78 is 4.04. The molecule has 0 saturated heterocycles. The highest BCUT2D eigenvalue weighted by Gasteiger charge is 2.17. The molecule has 0 aliphatic carbocycles. The van der Waals surface area contributed by atoms with Gasteiger partial charge < -0.3 is 15.3 Å². The van der Waals surface area contributed by atoms with Crippen LogP contribution in [0.2, 0.25) is 0 Å². The summed E-state index contributed by atoms with van der Waals surface area (Å²) in [6.45, 7) is 12.2. The minimum atomic E-state index is 0.413. The molecule has 2 rings (SSSR count). The minimum absolute atomic E-state index is 0.413. The zero-order valence-electron chi connectivity index (χ0n) is 22.9. The molecule has 7 heteroatoms. The fraction of sp³-hybridized carbons (Fsp3) is 0.517. The van der Waals surface area contributed by atoms with E-state index in [9.17, 15) is 0 Å². The predicted octanol–water partition coefficient (Wildman–Crippen LogP) is 7.34. The molecular formula is C29H42N6O. The molecule has 0 amide bonds. The number of fused-ring (bicyclic) bond motifs is 1. The van der Waals surface area contributed by atoms with Gasteiger partial charge in [-0.05, 0) is 73.1 Å². The normalized spacial score (nSPS) is 12.6. The minimum Gasteiger partial charge on any atom is -0.407 e. The Morgan fingerprint density at radius 1 is 0.972 bits per heavy atom. The standard InChI is InChI=1S/C29H42N6O/c1-23(2)11-7-12-24(3)13-8-14-25(4)15-9-16-26(5)17-20-34-22-35(19-10-18-30)29-27(34)28(33-36-6)31-21-32-29/h11,13,15,17,21-22H,7-10,12,14,16,19-20H2,1-6H3/b24-13+,25-15+,26-17+. The predicted molar refractivity (Wildman–Crippen MR) is 146 cm³/mol. The zero-order chi connectivity index (χ0) is 26.3. The Kier molecular flexibility index (Phi) is 12.6. The van der Waals surface area contributed by atoms with E-state index in [1.54, 1.807) is 0 Å². The van der Waals surface area contributed by atoms with Crippen molar-refractivity contribution < 1.29 is 9.40 Å². The summed E-state index contributed by atoms with van der Waals surface area (Å²) in [4.78, 5) is 13.7. The van der Waals surface area contributed by atoms with E-state index in [2.05, 4.69) is 85.0 Å². The Balaban J connectivity index is 1.94. The molecule has 0 aliphatic heterocycles. The van der Waals surface area contributed by atoms with Crippen molar-refractivity contribution in [3.05, 3.63) is 64.7 Å². The maximum atomic E-state index is 9.00. The number of aryl methyl sites for hydroxylation is 1. The third-order valence-corrected chi connectivity index (χ3v) is 6.05. The number of imidazole rings is 1. The second-order valence-electron chi connectivity index (χ2n) is 9.56. The van der Waals surface area contributed by atoms with Gasteiger partial charge in [0.15, 0.2) is 11.8 Å². The molecule has 0 spiro atoms. The maximum Gasteiger partial charge on any atom is 0.301 e. The largest absolute Gasteiger partial charge is 0.407 e. The van der Waals surface area contributed by atoms with Gasteiger partial charge in [-0.3, -0.25) is 4.57 Å². The first-order valence-electron chi connectivity index (χ1n) is 12.8. The Hall–Kier alpha value is -3.24. The summed E-state index contributed by atoms with van der Waals surface area (Å²) in [5.41, 5.74) is 11.3. The Bertz CT molecular complexity index is 1140. The molecule has 194 valence electrons. The van der Waals surface area contributed by atoms with Gasteiger partial charge >= 0.3 is 5.65 Å². The van der Waals surface area contributed by atoms with E-state index < -0.39 is 0 Å². The van der Waals surface area contributed by atoms with Gasteiger partial charge in [-0.15, -0.1) is 4.98 Å². The fourth-order valence-electron chi connectivity index (χ4n) is 3.98. The monoisotopic (exact) mass is 490 g/mol. The van der Waals surface area contributed by atoms with Gasteiger partial charge in [-0.2, -0.15) is 5.26 Å². The highest BCUT2D eigenvalue weighted by molar-refractivity contribution is 5.81. The van der Waals surface area contributed by atoms with Crippen LogP contribution in [0.5, 0.6) is 0 Å². The van der Waals surface area contributed by atoms with Gasteiger partial charge in [0.25, 0.3) is 0 Å². The summed E-state index contributed by atoms with van der Waals surface area (Å²) in [6.07, 6.45) is 19.8. The maximum absolute atomic E-state index is 9.00. The highest BCUT2D eigenvalue weighted by Crippen LogP contribution is 2.24. The first kappa shape index (κ1) is 29.0. The van der Waals surface area contributed by atoms with Crippen LogP contribution in [0.4, 0.5) is 5.82 Å². The molecule has 7 nitrogen and oxygen atoms in total. The fourth-order valence-corrected chi connectivity index (χ4v) is 3.98. The van der Waals surface area contributed by atoms with Crippen molar-refractivity contribution in [2.24, 2.45) is 0 Å². The van der Waals surface area contributed by atoms with Crippen LogP contribution in [0.3, 0.4) is 0 Å². The number of nitriles is 1.